The van der Waals surface area contributed by atoms with Crippen LogP contribution in [0.15, 0.2) is 0 Å². The van der Waals surface area contributed by atoms with Crippen molar-refractivity contribution in [3.8, 4) is 0 Å². The van der Waals surface area contributed by atoms with Gasteiger partial charge in [-0.3, -0.25) is 4.68 Å². The molecular formula is C13H25N3O. The van der Waals surface area contributed by atoms with Gasteiger partial charge >= 0.3 is 0 Å². The Morgan fingerprint density at radius 2 is 2.06 bits per heavy atom. The molecule has 0 aliphatic carbocycles. The summed E-state index contributed by atoms with van der Waals surface area (Å²) in [5.74, 6) is 0.529. The third-order valence-corrected chi connectivity index (χ3v) is 3.53. The molecule has 1 aromatic heterocycles. The summed E-state index contributed by atoms with van der Waals surface area (Å²) in [7, 11) is 5.76. The molecule has 1 aromatic rings. The third kappa shape index (κ3) is 3.07. The van der Waals surface area contributed by atoms with E-state index >= 15 is 0 Å². The quantitative estimate of drug-likeness (QED) is 0.825. The van der Waals surface area contributed by atoms with Crippen LogP contribution in [-0.2, 0) is 11.8 Å². The predicted octanol–water partition coefficient (Wildman–Crippen LogP) is 1.97. The zero-order valence-electron chi connectivity index (χ0n) is 11.9. The summed E-state index contributed by atoms with van der Waals surface area (Å²) >= 11 is 0. The molecule has 0 spiro atoms. The first-order valence-electron chi connectivity index (χ1n) is 6.19. The monoisotopic (exact) mass is 239 g/mol. The lowest BCUT2D eigenvalue weighted by Gasteiger charge is -2.24. The van der Waals surface area contributed by atoms with Crippen LogP contribution < -0.4 is 5.32 Å². The van der Waals surface area contributed by atoms with E-state index in [0.29, 0.717) is 12.0 Å². The van der Waals surface area contributed by atoms with Gasteiger partial charge in [-0.1, -0.05) is 6.92 Å². The van der Waals surface area contributed by atoms with Crippen LogP contribution in [0.5, 0.6) is 0 Å². The minimum atomic E-state index is 0.346. The molecule has 0 radical (unpaired) electrons. The number of nitrogens with zero attached hydrogens (tertiary/aromatic N) is 2. The van der Waals surface area contributed by atoms with Crippen LogP contribution in [0, 0.1) is 19.8 Å². The van der Waals surface area contributed by atoms with E-state index in [4.69, 9.17) is 4.74 Å². The fraction of sp³-hybridized carbons (Fsp3) is 0.769. The maximum atomic E-state index is 5.16. The van der Waals surface area contributed by atoms with Gasteiger partial charge < -0.3 is 10.1 Å². The lowest BCUT2D eigenvalue weighted by Crippen LogP contribution is -2.25. The summed E-state index contributed by atoms with van der Waals surface area (Å²) in [6.07, 6.45) is 1.05. The molecule has 98 valence electrons. The molecule has 1 N–H and O–H groups in total. The summed E-state index contributed by atoms with van der Waals surface area (Å²) in [5.41, 5.74) is 3.69. The van der Waals surface area contributed by atoms with Gasteiger partial charge in [0.1, 0.15) is 0 Å². The maximum absolute atomic E-state index is 5.16. The van der Waals surface area contributed by atoms with E-state index in [2.05, 4.69) is 31.2 Å². The Labute approximate surface area is 104 Å². The van der Waals surface area contributed by atoms with Crippen LogP contribution in [0.25, 0.3) is 0 Å². The Kier molecular flexibility index (Phi) is 5.15. The van der Waals surface area contributed by atoms with E-state index in [9.17, 15) is 0 Å². The van der Waals surface area contributed by atoms with Crippen LogP contribution in [0.4, 0.5) is 0 Å². The molecule has 2 unspecified atom stereocenters. The molecule has 0 aromatic carbocycles. The molecule has 1 heterocycles. The molecule has 0 aliphatic rings. The van der Waals surface area contributed by atoms with Crippen molar-refractivity contribution in [2.75, 3.05) is 20.8 Å². The standard InChI is InChI=1S/C13H25N3O/c1-9(7-8-17-6)13(14-4)12-10(2)15-16(5)11(12)3/h9,13-14H,7-8H2,1-6H3. The van der Waals surface area contributed by atoms with Gasteiger partial charge in [0.15, 0.2) is 0 Å². The lowest BCUT2D eigenvalue weighted by molar-refractivity contribution is 0.171. The highest BCUT2D eigenvalue weighted by molar-refractivity contribution is 5.28. The summed E-state index contributed by atoms with van der Waals surface area (Å²) < 4.78 is 7.12. The van der Waals surface area contributed by atoms with Crippen molar-refractivity contribution in [1.29, 1.82) is 0 Å². The number of nitrogens with one attached hydrogen (secondary N) is 1. The van der Waals surface area contributed by atoms with E-state index in [-0.39, 0.29) is 0 Å². The van der Waals surface area contributed by atoms with E-state index in [0.717, 1.165) is 18.7 Å². The smallest absolute Gasteiger partial charge is 0.0644 e. The first-order chi connectivity index (χ1) is 8.02. The Hall–Kier alpha value is -0.870. The van der Waals surface area contributed by atoms with Gasteiger partial charge in [0.2, 0.25) is 0 Å². The molecule has 4 nitrogen and oxygen atoms in total. The van der Waals surface area contributed by atoms with Gasteiger partial charge in [-0.05, 0) is 33.2 Å². The molecule has 0 fully saturated rings. The number of aromatic nitrogens is 2. The molecule has 0 saturated heterocycles. The van der Waals surface area contributed by atoms with Crippen molar-refractivity contribution < 1.29 is 4.74 Å². The summed E-state index contributed by atoms with van der Waals surface area (Å²) in [5, 5.41) is 7.90. The predicted molar refractivity (Wildman–Crippen MR) is 70.1 cm³/mol. The SMILES string of the molecule is CNC(c1c(C)nn(C)c1C)C(C)CCOC. The van der Waals surface area contributed by atoms with E-state index in [1.807, 2.05) is 18.8 Å². The first kappa shape index (κ1) is 14.2. The van der Waals surface area contributed by atoms with Crippen LogP contribution in [0.2, 0.25) is 0 Å². The van der Waals surface area contributed by atoms with E-state index in [1.54, 1.807) is 7.11 Å². The van der Waals surface area contributed by atoms with E-state index < -0.39 is 0 Å². The Bertz CT molecular complexity index is 360. The van der Waals surface area contributed by atoms with Gasteiger partial charge in [-0.15, -0.1) is 0 Å². The van der Waals surface area contributed by atoms with Crippen molar-refractivity contribution in [1.82, 2.24) is 15.1 Å². The second kappa shape index (κ2) is 6.17. The van der Waals surface area contributed by atoms with Gasteiger partial charge in [0, 0.05) is 38.1 Å². The molecular weight excluding hydrogens is 214 g/mol. The average molecular weight is 239 g/mol. The number of rotatable bonds is 6. The van der Waals surface area contributed by atoms with Crippen LogP contribution in [0.1, 0.15) is 36.3 Å². The molecule has 1 rings (SSSR count). The maximum Gasteiger partial charge on any atom is 0.0644 e. The van der Waals surface area contributed by atoms with Gasteiger partial charge in [-0.2, -0.15) is 5.10 Å². The third-order valence-electron chi connectivity index (χ3n) is 3.53. The van der Waals surface area contributed by atoms with Crippen molar-refractivity contribution in [3.63, 3.8) is 0 Å². The summed E-state index contributed by atoms with van der Waals surface area (Å²) in [6, 6.07) is 0.346. The highest BCUT2D eigenvalue weighted by atomic mass is 16.5. The van der Waals surface area contributed by atoms with Crippen molar-refractivity contribution in [2.45, 2.75) is 33.2 Å². The van der Waals surface area contributed by atoms with Crippen molar-refractivity contribution >= 4 is 0 Å². The zero-order valence-corrected chi connectivity index (χ0v) is 11.9. The molecule has 17 heavy (non-hydrogen) atoms. The average Bonchev–Trinajstić information content (AvgIpc) is 2.54. The van der Waals surface area contributed by atoms with Crippen molar-refractivity contribution in [3.05, 3.63) is 17.0 Å². The minimum absolute atomic E-state index is 0.346. The lowest BCUT2D eigenvalue weighted by atomic mass is 9.91. The molecule has 0 saturated carbocycles. The van der Waals surface area contributed by atoms with Crippen LogP contribution in [0.3, 0.4) is 0 Å². The molecule has 0 amide bonds. The summed E-state index contributed by atoms with van der Waals surface area (Å²) in [4.78, 5) is 0. The number of hydrogen-bond donors (Lipinski definition) is 1. The number of aryl methyl sites for hydroxylation is 2. The summed E-state index contributed by atoms with van der Waals surface area (Å²) in [6.45, 7) is 7.27. The highest BCUT2D eigenvalue weighted by Crippen LogP contribution is 2.28. The Morgan fingerprint density at radius 1 is 1.41 bits per heavy atom. The van der Waals surface area contributed by atoms with Crippen molar-refractivity contribution in [2.24, 2.45) is 13.0 Å². The largest absolute Gasteiger partial charge is 0.385 e. The minimum Gasteiger partial charge on any atom is -0.385 e. The highest BCUT2D eigenvalue weighted by Gasteiger charge is 2.23. The van der Waals surface area contributed by atoms with Crippen LogP contribution >= 0.6 is 0 Å². The fourth-order valence-electron chi connectivity index (χ4n) is 2.42. The van der Waals surface area contributed by atoms with Gasteiger partial charge in [0.05, 0.1) is 5.69 Å². The topological polar surface area (TPSA) is 39.1 Å². The second-order valence-electron chi connectivity index (χ2n) is 4.73. The zero-order chi connectivity index (χ0) is 13.0. The number of methoxy groups -OCH3 is 1. The van der Waals surface area contributed by atoms with E-state index in [1.165, 1.54) is 11.3 Å². The Balaban J connectivity index is 2.92. The molecule has 2 atom stereocenters. The fourth-order valence-corrected chi connectivity index (χ4v) is 2.42. The second-order valence-corrected chi connectivity index (χ2v) is 4.73. The molecule has 4 heteroatoms. The number of ether oxygens (including phenoxy) is 1. The Morgan fingerprint density at radius 3 is 2.47 bits per heavy atom. The molecule has 0 aliphatic heterocycles. The van der Waals surface area contributed by atoms with Gasteiger partial charge in [-0.25, -0.2) is 0 Å². The first-order valence-corrected chi connectivity index (χ1v) is 6.19. The molecule has 0 bridgehead atoms. The normalized spacial score (nSPS) is 14.9. The number of hydrogen-bond acceptors (Lipinski definition) is 3. The van der Waals surface area contributed by atoms with Gasteiger partial charge in [0.25, 0.3) is 0 Å². The van der Waals surface area contributed by atoms with Crippen LogP contribution in [-0.4, -0.2) is 30.5 Å².